The normalized spacial score (nSPS) is 11.8. The summed E-state index contributed by atoms with van der Waals surface area (Å²) in [4.78, 5) is 20.6. The zero-order valence-electron chi connectivity index (χ0n) is 20.3. The monoisotopic (exact) mass is 606 g/mol. The lowest BCUT2D eigenvalue weighted by Crippen LogP contribution is -2.41. The molecule has 2 aromatic carbocycles. The molecule has 208 valence electrons. The standard InChI is InChI=1S/C25H20ClF2N5O5S2/c26-17-12-15(4-5-20(17)38-19-2-1-3-21-16(19)7-11-39-21)31-24-22-18(29-13-30-24)6-8-32(22)9-10-33(14-40(35,36)37)25(34)23(27)28/h1-8,11-13,23H,9-10,14H2,(H,29,30,31)(H,35,36,37)/p-1. The minimum Gasteiger partial charge on any atom is -0.747 e. The molecule has 0 aliphatic carbocycles. The number of carbonyl (C=O) groups is 1. The first-order chi connectivity index (χ1) is 19.1. The molecule has 0 saturated carbocycles. The number of amides is 1. The lowest BCUT2D eigenvalue weighted by atomic mass is 10.2. The average Bonchev–Trinajstić information content (AvgIpc) is 3.55. The second-order valence-corrected chi connectivity index (χ2v) is 11.2. The third-order valence-electron chi connectivity index (χ3n) is 5.84. The second kappa shape index (κ2) is 11.3. The second-order valence-electron chi connectivity index (χ2n) is 8.52. The predicted molar refractivity (Wildman–Crippen MR) is 146 cm³/mol. The predicted octanol–water partition coefficient (Wildman–Crippen LogP) is 5.43. The van der Waals surface area contributed by atoms with Gasteiger partial charge in [0.15, 0.2) is 5.82 Å². The number of hydrogen-bond acceptors (Lipinski definition) is 9. The van der Waals surface area contributed by atoms with E-state index in [4.69, 9.17) is 16.3 Å². The number of carbonyl (C=O) groups excluding carboxylic acids is 1. The zero-order valence-corrected chi connectivity index (χ0v) is 22.7. The van der Waals surface area contributed by atoms with Gasteiger partial charge in [-0.15, -0.1) is 11.3 Å². The largest absolute Gasteiger partial charge is 0.747 e. The summed E-state index contributed by atoms with van der Waals surface area (Å²) in [6.45, 7) is -0.571. The van der Waals surface area contributed by atoms with Crippen molar-refractivity contribution in [3.8, 4) is 11.5 Å². The molecule has 1 N–H and O–H groups in total. The van der Waals surface area contributed by atoms with E-state index < -0.39 is 34.9 Å². The summed E-state index contributed by atoms with van der Waals surface area (Å²) in [5, 5.41) is 6.42. The van der Waals surface area contributed by atoms with E-state index in [1.165, 1.54) is 6.33 Å². The van der Waals surface area contributed by atoms with Crippen molar-refractivity contribution in [1.29, 1.82) is 0 Å². The van der Waals surface area contributed by atoms with E-state index in [1.807, 2.05) is 29.6 Å². The molecule has 15 heteroatoms. The SMILES string of the molecule is O=C(C(F)F)N(CCn1ccc2ncnc(Nc3ccc(Oc4cccc5sccc45)c(Cl)c3)c21)CS(=O)(=O)[O-]. The first-order valence-electron chi connectivity index (χ1n) is 11.6. The number of nitrogens with zero attached hydrogens (tertiary/aromatic N) is 4. The van der Waals surface area contributed by atoms with Crippen LogP contribution >= 0.6 is 22.9 Å². The van der Waals surface area contributed by atoms with Crippen LogP contribution in [-0.4, -0.2) is 57.2 Å². The summed E-state index contributed by atoms with van der Waals surface area (Å²) in [5.74, 6) is -1.67. The Labute approximate surface area is 235 Å². The highest BCUT2D eigenvalue weighted by Crippen LogP contribution is 2.37. The van der Waals surface area contributed by atoms with E-state index in [9.17, 15) is 26.5 Å². The van der Waals surface area contributed by atoms with Crippen molar-refractivity contribution in [1.82, 2.24) is 19.4 Å². The van der Waals surface area contributed by atoms with Gasteiger partial charge < -0.3 is 24.1 Å². The highest BCUT2D eigenvalue weighted by Gasteiger charge is 2.25. The topological polar surface area (TPSA) is 129 Å². The van der Waals surface area contributed by atoms with Gasteiger partial charge in [0, 0.05) is 35.1 Å². The maximum absolute atomic E-state index is 13.0. The number of fused-ring (bicyclic) bond motifs is 2. The number of halogens is 3. The molecule has 1 amide bonds. The molecule has 0 atom stereocenters. The van der Waals surface area contributed by atoms with Gasteiger partial charge >= 0.3 is 6.43 Å². The van der Waals surface area contributed by atoms with Gasteiger partial charge in [0.05, 0.1) is 10.5 Å². The van der Waals surface area contributed by atoms with Crippen LogP contribution in [0.3, 0.4) is 0 Å². The molecule has 10 nitrogen and oxygen atoms in total. The van der Waals surface area contributed by atoms with Crippen LogP contribution in [0.15, 0.2) is 66.4 Å². The van der Waals surface area contributed by atoms with Crippen molar-refractivity contribution in [2.75, 3.05) is 17.7 Å². The maximum atomic E-state index is 13.0. The highest BCUT2D eigenvalue weighted by molar-refractivity contribution is 7.85. The van der Waals surface area contributed by atoms with E-state index in [2.05, 4.69) is 15.3 Å². The van der Waals surface area contributed by atoms with Crippen molar-refractivity contribution in [2.24, 2.45) is 0 Å². The number of anilines is 2. The molecule has 3 aromatic heterocycles. The lowest BCUT2D eigenvalue weighted by Gasteiger charge is -2.24. The first-order valence-corrected chi connectivity index (χ1v) is 14.4. The van der Waals surface area contributed by atoms with Crippen molar-refractivity contribution >= 4 is 71.6 Å². The lowest BCUT2D eigenvalue weighted by molar-refractivity contribution is -0.142. The number of ether oxygens (including phenoxy) is 1. The Balaban J connectivity index is 1.37. The smallest absolute Gasteiger partial charge is 0.315 e. The fourth-order valence-electron chi connectivity index (χ4n) is 4.08. The fraction of sp³-hybridized carbons (Fsp3) is 0.160. The van der Waals surface area contributed by atoms with Crippen LogP contribution in [0.1, 0.15) is 0 Å². The Morgan fingerprint density at radius 2 is 2.00 bits per heavy atom. The van der Waals surface area contributed by atoms with Gasteiger partial charge in [-0.1, -0.05) is 17.7 Å². The average molecular weight is 607 g/mol. The van der Waals surface area contributed by atoms with Crippen molar-refractivity contribution in [2.45, 2.75) is 13.0 Å². The Kier molecular flexibility index (Phi) is 7.85. The van der Waals surface area contributed by atoms with Gasteiger partial charge in [0.2, 0.25) is 0 Å². The van der Waals surface area contributed by atoms with Gasteiger partial charge in [0.1, 0.15) is 39.3 Å². The molecule has 0 radical (unpaired) electrons. The van der Waals surface area contributed by atoms with Crippen molar-refractivity contribution in [3.63, 3.8) is 0 Å². The maximum Gasteiger partial charge on any atom is 0.315 e. The molecule has 5 rings (SSSR count). The fourth-order valence-corrected chi connectivity index (χ4v) is 5.74. The summed E-state index contributed by atoms with van der Waals surface area (Å²) in [7, 11) is -4.97. The Morgan fingerprint density at radius 1 is 1.18 bits per heavy atom. The van der Waals surface area contributed by atoms with Gasteiger partial charge in [-0.05, 0) is 47.8 Å². The molecule has 40 heavy (non-hydrogen) atoms. The van der Waals surface area contributed by atoms with Gasteiger partial charge in [-0.3, -0.25) is 4.79 Å². The molecular weight excluding hydrogens is 588 g/mol. The summed E-state index contributed by atoms with van der Waals surface area (Å²) in [6, 6.07) is 14.4. The third-order valence-corrected chi connectivity index (χ3v) is 7.65. The van der Waals surface area contributed by atoms with Gasteiger partial charge in [-0.25, -0.2) is 18.4 Å². The first kappa shape index (κ1) is 27.7. The minimum atomic E-state index is -4.97. The van der Waals surface area contributed by atoms with Gasteiger partial charge in [0.25, 0.3) is 5.91 Å². The molecule has 0 aliphatic rings. The number of hydrogen-bond donors (Lipinski definition) is 1. The van der Waals surface area contributed by atoms with E-state index in [1.54, 1.807) is 46.4 Å². The van der Waals surface area contributed by atoms with E-state index >= 15 is 0 Å². The van der Waals surface area contributed by atoms with Crippen LogP contribution in [0, 0.1) is 0 Å². The van der Waals surface area contributed by atoms with Crippen molar-refractivity contribution < 1.29 is 31.3 Å². The molecule has 0 spiro atoms. The molecule has 0 fully saturated rings. The molecule has 0 aliphatic heterocycles. The van der Waals surface area contributed by atoms with E-state index in [-0.39, 0.29) is 6.54 Å². The number of nitrogens with one attached hydrogen (secondary N) is 1. The molecule has 0 bridgehead atoms. The summed E-state index contributed by atoms with van der Waals surface area (Å²) in [6.07, 6.45) is -0.554. The molecular formula is C25H19ClF2N5O5S2-. The molecule has 3 heterocycles. The van der Waals surface area contributed by atoms with E-state index in [0.29, 0.717) is 44.0 Å². The third kappa shape index (κ3) is 6.14. The molecule has 5 aromatic rings. The summed E-state index contributed by atoms with van der Waals surface area (Å²) < 4.78 is 68.1. The van der Waals surface area contributed by atoms with Crippen LogP contribution < -0.4 is 10.1 Å². The minimum absolute atomic E-state index is 0.110. The summed E-state index contributed by atoms with van der Waals surface area (Å²) >= 11 is 8.12. The zero-order chi connectivity index (χ0) is 28.4. The number of rotatable bonds is 10. The van der Waals surface area contributed by atoms with Crippen LogP contribution in [0.4, 0.5) is 20.3 Å². The van der Waals surface area contributed by atoms with Crippen molar-refractivity contribution in [3.05, 3.63) is 71.5 Å². The van der Waals surface area contributed by atoms with Crippen LogP contribution in [-0.2, 0) is 21.5 Å². The Morgan fingerprint density at radius 3 is 2.75 bits per heavy atom. The molecule has 0 saturated heterocycles. The summed E-state index contributed by atoms with van der Waals surface area (Å²) in [5.41, 5.74) is 1.51. The Hall–Kier alpha value is -3.85. The number of aromatic nitrogens is 3. The number of alkyl halides is 2. The highest BCUT2D eigenvalue weighted by atomic mass is 35.5. The van der Waals surface area contributed by atoms with Crippen LogP contribution in [0.25, 0.3) is 21.1 Å². The van der Waals surface area contributed by atoms with E-state index in [0.717, 1.165) is 10.1 Å². The van der Waals surface area contributed by atoms with Crippen LogP contribution in [0.2, 0.25) is 5.02 Å². The quantitative estimate of drug-likeness (QED) is 0.208. The van der Waals surface area contributed by atoms with Crippen LogP contribution in [0.5, 0.6) is 11.5 Å². The number of benzene rings is 2. The number of thiophene rings is 1. The molecule has 0 unspecified atom stereocenters. The Bertz CT molecular complexity index is 1810. The van der Waals surface area contributed by atoms with Gasteiger partial charge in [-0.2, -0.15) is 8.78 Å².